The smallest absolute Gasteiger partial charge is 0.349 e. The first-order valence-electron chi connectivity index (χ1n) is 4.42. The third-order valence-electron chi connectivity index (χ3n) is 2.12. The Hall–Kier alpha value is -1.34. The van der Waals surface area contributed by atoms with Crippen LogP contribution in [0, 0.1) is 10.1 Å². The van der Waals surface area contributed by atoms with Gasteiger partial charge in [-0.2, -0.15) is 0 Å². The molecule has 0 bridgehead atoms. The lowest BCUT2D eigenvalue weighted by Crippen LogP contribution is -2.40. The molecule has 1 rings (SSSR count). The monoisotopic (exact) mass is 245 g/mol. The molecule has 88 valence electrons. The summed E-state index contributed by atoms with van der Waals surface area (Å²) in [5.41, 5.74) is -1.58. The highest BCUT2D eigenvalue weighted by Gasteiger charge is 2.42. The van der Waals surface area contributed by atoms with Gasteiger partial charge in [-0.15, -0.1) is 11.8 Å². The summed E-state index contributed by atoms with van der Waals surface area (Å²) in [6.07, 6.45) is 5.38. The van der Waals surface area contributed by atoms with Crippen LogP contribution in [0.5, 0.6) is 0 Å². The number of thioether (sulfide) groups is 1. The van der Waals surface area contributed by atoms with Gasteiger partial charge in [-0.05, 0) is 12.3 Å². The second kappa shape index (κ2) is 5.13. The molecular formula is C9H11NO5S. The van der Waals surface area contributed by atoms with Crippen LogP contribution in [-0.4, -0.2) is 33.9 Å². The number of rotatable bonds is 5. The standard InChI is InChI=1S/C9H11NO5S/c1-16-6-15-9(10(13)14)4-2-7(3-5-9)8(11)12/h2-4H,5-6H2,1H3,(H,11,12). The van der Waals surface area contributed by atoms with Gasteiger partial charge in [0.05, 0.1) is 22.9 Å². The van der Waals surface area contributed by atoms with Crippen LogP contribution in [0.3, 0.4) is 0 Å². The lowest BCUT2D eigenvalue weighted by Gasteiger charge is -2.22. The maximum Gasteiger partial charge on any atom is 0.349 e. The third-order valence-corrected chi connectivity index (χ3v) is 2.47. The van der Waals surface area contributed by atoms with Gasteiger partial charge in [0.2, 0.25) is 0 Å². The summed E-state index contributed by atoms with van der Waals surface area (Å²) in [6.45, 7) is 0. The normalized spacial score (nSPS) is 23.9. The molecule has 0 heterocycles. The van der Waals surface area contributed by atoms with Crippen LogP contribution in [0.1, 0.15) is 6.42 Å². The van der Waals surface area contributed by atoms with E-state index in [-0.39, 0.29) is 17.9 Å². The average molecular weight is 245 g/mol. The van der Waals surface area contributed by atoms with E-state index in [4.69, 9.17) is 9.84 Å². The molecule has 1 N–H and O–H groups in total. The molecular weight excluding hydrogens is 234 g/mol. The predicted molar refractivity (Wildman–Crippen MR) is 58.7 cm³/mol. The third kappa shape index (κ3) is 2.61. The summed E-state index contributed by atoms with van der Waals surface area (Å²) >= 11 is 1.32. The van der Waals surface area contributed by atoms with Crippen molar-refractivity contribution in [3.8, 4) is 0 Å². The summed E-state index contributed by atoms with van der Waals surface area (Å²) in [6, 6.07) is 0. The Labute approximate surface area is 96.1 Å². The fraction of sp³-hybridized carbons (Fsp3) is 0.444. The lowest BCUT2D eigenvalue weighted by molar-refractivity contribution is -0.611. The first-order chi connectivity index (χ1) is 7.52. The SMILES string of the molecule is CSCOC1([N+](=O)[O-])C=CC(C(=O)O)=CC1. The molecule has 0 amide bonds. The zero-order chi connectivity index (χ0) is 12.2. The molecule has 0 aromatic rings. The second-order valence-electron chi connectivity index (χ2n) is 3.15. The van der Waals surface area contributed by atoms with Gasteiger partial charge in [0, 0.05) is 6.08 Å². The zero-order valence-corrected chi connectivity index (χ0v) is 9.40. The highest BCUT2D eigenvalue weighted by molar-refractivity contribution is 7.98. The van der Waals surface area contributed by atoms with Crippen molar-refractivity contribution in [1.82, 2.24) is 0 Å². The average Bonchev–Trinajstić information content (AvgIpc) is 2.26. The summed E-state index contributed by atoms with van der Waals surface area (Å²) in [5.74, 6) is -0.917. The molecule has 0 aromatic heterocycles. The van der Waals surface area contributed by atoms with E-state index < -0.39 is 16.6 Å². The number of carboxylic acid groups (broad SMARTS) is 1. The number of nitrogens with zero attached hydrogens (tertiary/aromatic N) is 1. The summed E-state index contributed by atoms with van der Waals surface area (Å²) in [7, 11) is 0. The van der Waals surface area contributed by atoms with E-state index in [1.165, 1.54) is 30.0 Å². The Morgan fingerprint density at radius 2 is 2.50 bits per heavy atom. The Bertz CT molecular complexity index is 365. The van der Waals surface area contributed by atoms with Crippen LogP contribution < -0.4 is 0 Å². The van der Waals surface area contributed by atoms with Crippen LogP contribution in [0.15, 0.2) is 23.8 Å². The fourth-order valence-corrected chi connectivity index (χ4v) is 1.55. The van der Waals surface area contributed by atoms with E-state index in [1.54, 1.807) is 6.26 Å². The van der Waals surface area contributed by atoms with Crippen molar-refractivity contribution < 1.29 is 19.6 Å². The Morgan fingerprint density at radius 1 is 1.81 bits per heavy atom. The number of carboxylic acids is 1. The van der Waals surface area contributed by atoms with Gasteiger partial charge in [-0.25, -0.2) is 4.79 Å². The molecule has 0 aliphatic heterocycles. The van der Waals surface area contributed by atoms with E-state index >= 15 is 0 Å². The van der Waals surface area contributed by atoms with Gasteiger partial charge in [0.15, 0.2) is 0 Å². The van der Waals surface area contributed by atoms with E-state index in [9.17, 15) is 14.9 Å². The van der Waals surface area contributed by atoms with Gasteiger partial charge in [0.25, 0.3) is 0 Å². The Balaban J connectivity index is 2.83. The summed E-state index contributed by atoms with van der Waals surface area (Å²) < 4.78 is 5.15. The maximum absolute atomic E-state index is 10.9. The highest BCUT2D eigenvalue weighted by atomic mass is 32.2. The van der Waals surface area contributed by atoms with Gasteiger partial charge < -0.3 is 9.84 Å². The Kier molecular flexibility index (Phi) is 4.08. The molecule has 0 radical (unpaired) electrons. The van der Waals surface area contributed by atoms with Gasteiger partial charge in [0.1, 0.15) is 0 Å². The Morgan fingerprint density at radius 3 is 2.88 bits per heavy atom. The second-order valence-corrected chi connectivity index (χ2v) is 3.97. The van der Waals surface area contributed by atoms with Crippen molar-refractivity contribution >= 4 is 17.7 Å². The topological polar surface area (TPSA) is 89.7 Å². The minimum absolute atomic E-state index is 0.0465. The molecule has 6 nitrogen and oxygen atoms in total. The van der Waals surface area contributed by atoms with E-state index in [0.717, 1.165) is 0 Å². The first-order valence-corrected chi connectivity index (χ1v) is 5.81. The van der Waals surface area contributed by atoms with Gasteiger partial charge >= 0.3 is 11.7 Å². The fourth-order valence-electron chi connectivity index (χ4n) is 1.23. The van der Waals surface area contributed by atoms with Crippen molar-refractivity contribution in [2.24, 2.45) is 0 Å². The molecule has 1 atom stereocenters. The minimum Gasteiger partial charge on any atom is -0.478 e. The van der Waals surface area contributed by atoms with Crippen LogP contribution >= 0.6 is 11.8 Å². The number of hydrogen-bond donors (Lipinski definition) is 1. The predicted octanol–water partition coefficient (Wildman–Crippen LogP) is 1.27. The van der Waals surface area contributed by atoms with Crippen molar-refractivity contribution in [2.45, 2.75) is 12.1 Å². The van der Waals surface area contributed by atoms with Crippen LogP contribution in [0.2, 0.25) is 0 Å². The van der Waals surface area contributed by atoms with Crippen molar-refractivity contribution in [2.75, 3.05) is 12.2 Å². The molecule has 1 aliphatic rings. The van der Waals surface area contributed by atoms with Gasteiger partial charge in [-0.3, -0.25) is 10.1 Å². The lowest BCUT2D eigenvalue weighted by atomic mass is 10.00. The molecule has 0 saturated heterocycles. The molecule has 0 spiro atoms. The van der Waals surface area contributed by atoms with Gasteiger partial charge in [-0.1, -0.05) is 6.08 Å². The van der Waals surface area contributed by atoms with Crippen molar-refractivity contribution in [3.05, 3.63) is 33.9 Å². The van der Waals surface area contributed by atoms with Crippen molar-refractivity contribution in [1.29, 1.82) is 0 Å². The molecule has 0 fully saturated rings. The van der Waals surface area contributed by atoms with Crippen LogP contribution in [0.4, 0.5) is 0 Å². The number of nitro groups is 1. The molecule has 0 aromatic carbocycles. The molecule has 0 saturated carbocycles. The number of hydrogen-bond acceptors (Lipinski definition) is 5. The summed E-state index contributed by atoms with van der Waals surface area (Å²) in [5, 5.41) is 19.6. The zero-order valence-electron chi connectivity index (χ0n) is 8.58. The van der Waals surface area contributed by atoms with E-state index in [0.29, 0.717) is 0 Å². The van der Waals surface area contributed by atoms with Crippen LogP contribution in [0.25, 0.3) is 0 Å². The number of ether oxygens (including phenoxy) is 1. The van der Waals surface area contributed by atoms with E-state index in [2.05, 4.69) is 0 Å². The largest absolute Gasteiger partial charge is 0.478 e. The molecule has 16 heavy (non-hydrogen) atoms. The molecule has 1 unspecified atom stereocenters. The number of aliphatic carboxylic acids is 1. The minimum atomic E-state index is -1.62. The maximum atomic E-state index is 10.9. The first kappa shape index (κ1) is 12.7. The quantitative estimate of drug-likeness (QED) is 0.445. The summed E-state index contributed by atoms with van der Waals surface area (Å²) in [4.78, 5) is 21.0. The number of carbonyl (C=O) groups is 1. The van der Waals surface area contributed by atoms with Crippen LogP contribution in [-0.2, 0) is 9.53 Å². The van der Waals surface area contributed by atoms with E-state index in [1.807, 2.05) is 0 Å². The highest BCUT2D eigenvalue weighted by Crippen LogP contribution is 2.26. The molecule has 1 aliphatic carbocycles. The van der Waals surface area contributed by atoms with Crippen molar-refractivity contribution in [3.63, 3.8) is 0 Å². The molecule has 7 heteroatoms.